The van der Waals surface area contributed by atoms with Gasteiger partial charge in [-0.15, -0.1) is 0 Å². The molecule has 0 aromatic heterocycles. The van der Waals surface area contributed by atoms with Crippen molar-refractivity contribution in [2.75, 3.05) is 20.7 Å². The Bertz CT molecular complexity index is 197. The highest BCUT2D eigenvalue weighted by atomic mass is 16.5. The molecule has 3 heteroatoms. The highest BCUT2D eigenvalue weighted by molar-refractivity contribution is 5.92. The van der Waals surface area contributed by atoms with E-state index in [2.05, 4.69) is 18.2 Å². The molecule has 0 aliphatic heterocycles. The normalized spacial score (nSPS) is 10.8. The summed E-state index contributed by atoms with van der Waals surface area (Å²) in [6.07, 6.45) is 1.44. The van der Waals surface area contributed by atoms with Crippen molar-refractivity contribution < 1.29 is 4.74 Å². The van der Waals surface area contributed by atoms with E-state index >= 15 is 0 Å². The van der Waals surface area contributed by atoms with Crippen LogP contribution in [0.2, 0.25) is 0 Å². The van der Waals surface area contributed by atoms with Crippen molar-refractivity contribution in [3.63, 3.8) is 0 Å². The topological polar surface area (TPSA) is 24.8 Å². The minimum atomic E-state index is 0.509. The summed E-state index contributed by atoms with van der Waals surface area (Å²) >= 11 is 0. The molecule has 0 radical (unpaired) electrons. The van der Waals surface area contributed by atoms with E-state index < -0.39 is 0 Å². The second-order valence-electron chi connectivity index (χ2n) is 2.28. The first-order valence-corrected chi connectivity index (χ1v) is 3.80. The monoisotopic (exact) mass is 168 g/mol. The van der Waals surface area contributed by atoms with Gasteiger partial charge in [-0.2, -0.15) is 0 Å². The van der Waals surface area contributed by atoms with Crippen molar-refractivity contribution in [2.45, 2.75) is 6.92 Å². The van der Waals surface area contributed by atoms with Crippen molar-refractivity contribution in [2.24, 2.45) is 4.99 Å². The number of nitrogens with zero attached hydrogens (tertiary/aromatic N) is 2. The maximum atomic E-state index is 5.01. The summed E-state index contributed by atoms with van der Waals surface area (Å²) in [6.45, 7) is 10.2. The second-order valence-corrected chi connectivity index (χ2v) is 2.28. The van der Waals surface area contributed by atoms with Crippen LogP contribution in [0.1, 0.15) is 6.92 Å². The number of methoxy groups -OCH3 is 1. The lowest BCUT2D eigenvalue weighted by atomic mass is 10.4. The SMILES string of the molecule is C=C/N=C(/OC)C(=C)N(C)CC. The zero-order valence-electron chi connectivity index (χ0n) is 8.00. The Morgan fingerprint density at radius 2 is 2.25 bits per heavy atom. The summed E-state index contributed by atoms with van der Waals surface area (Å²) in [7, 11) is 3.50. The molecule has 0 fully saturated rings. The number of aliphatic imine (C=N–C) groups is 1. The van der Waals surface area contributed by atoms with E-state index in [0.29, 0.717) is 5.90 Å². The fourth-order valence-corrected chi connectivity index (χ4v) is 0.682. The lowest BCUT2D eigenvalue weighted by molar-refractivity contribution is 0.373. The van der Waals surface area contributed by atoms with Crippen LogP contribution in [0.15, 0.2) is 30.0 Å². The molecular weight excluding hydrogens is 152 g/mol. The van der Waals surface area contributed by atoms with Crippen LogP contribution in [-0.2, 0) is 4.74 Å². The van der Waals surface area contributed by atoms with Gasteiger partial charge in [0.15, 0.2) is 0 Å². The summed E-state index contributed by atoms with van der Waals surface area (Å²) in [5.74, 6) is 0.509. The van der Waals surface area contributed by atoms with Gasteiger partial charge < -0.3 is 9.64 Å². The first-order chi connectivity index (χ1) is 5.67. The molecule has 0 atom stereocenters. The van der Waals surface area contributed by atoms with Crippen molar-refractivity contribution in [3.8, 4) is 0 Å². The molecule has 0 heterocycles. The molecule has 0 saturated heterocycles. The zero-order chi connectivity index (χ0) is 9.56. The molecule has 0 bridgehead atoms. The van der Waals surface area contributed by atoms with Gasteiger partial charge in [-0.3, -0.25) is 0 Å². The highest BCUT2D eigenvalue weighted by Gasteiger charge is 2.06. The lowest BCUT2D eigenvalue weighted by Gasteiger charge is -2.19. The quantitative estimate of drug-likeness (QED) is 0.471. The molecule has 12 heavy (non-hydrogen) atoms. The molecule has 0 aliphatic rings. The third kappa shape index (κ3) is 2.78. The fourth-order valence-electron chi connectivity index (χ4n) is 0.682. The van der Waals surface area contributed by atoms with E-state index in [0.717, 1.165) is 12.2 Å². The molecule has 3 nitrogen and oxygen atoms in total. The maximum Gasteiger partial charge on any atom is 0.236 e. The van der Waals surface area contributed by atoms with Crippen molar-refractivity contribution in [3.05, 3.63) is 25.1 Å². The Balaban J connectivity index is 4.42. The Morgan fingerprint density at radius 1 is 1.67 bits per heavy atom. The third-order valence-corrected chi connectivity index (χ3v) is 1.58. The summed E-state index contributed by atoms with van der Waals surface area (Å²) in [5.41, 5.74) is 0.764. The van der Waals surface area contributed by atoms with Crippen LogP contribution in [0.5, 0.6) is 0 Å². The maximum absolute atomic E-state index is 5.01. The molecule has 68 valence electrons. The number of hydrogen-bond donors (Lipinski definition) is 0. The number of hydrogen-bond acceptors (Lipinski definition) is 3. The lowest BCUT2D eigenvalue weighted by Crippen LogP contribution is -2.23. The number of ether oxygens (including phenoxy) is 1. The number of likely N-dealkylation sites (N-methyl/N-ethyl adjacent to an activating group) is 1. The third-order valence-electron chi connectivity index (χ3n) is 1.58. The van der Waals surface area contributed by atoms with Gasteiger partial charge in [-0.25, -0.2) is 4.99 Å². The summed E-state index contributed by atoms with van der Waals surface area (Å²) < 4.78 is 5.01. The van der Waals surface area contributed by atoms with Crippen molar-refractivity contribution in [1.29, 1.82) is 0 Å². The van der Waals surface area contributed by atoms with Gasteiger partial charge in [-0.1, -0.05) is 13.2 Å². The van der Waals surface area contributed by atoms with Gasteiger partial charge >= 0.3 is 0 Å². The van der Waals surface area contributed by atoms with Crippen LogP contribution < -0.4 is 0 Å². The largest absolute Gasteiger partial charge is 0.480 e. The summed E-state index contributed by atoms with van der Waals surface area (Å²) in [5, 5.41) is 0. The van der Waals surface area contributed by atoms with Crippen LogP contribution >= 0.6 is 0 Å². The van der Waals surface area contributed by atoms with E-state index in [4.69, 9.17) is 4.74 Å². The molecule has 0 aromatic rings. The Morgan fingerprint density at radius 3 is 2.58 bits per heavy atom. The summed E-state index contributed by atoms with van der Waals surface area (Å²) in [6, 6.07) is 0. The van der Waals surface area contributed by atoms with Crippen LogP contribution in [0, 0.1) is 0 Å². The molecule has 0 aliphatic carbocycles. The van der Waals surface area contributed by atoms with Gasteiger partial charge in [-0.05, 0) is 6.92 Å². The van der Waals surface area contributed by atoms with Gasteiger partial charge in [0.1, 0.15) is 0 Å². The molecule has 0 amide bonds. The Kier molecular flexibility index (Phi) is 4.84. The predicted molar refractivity (Wildman–Crippen MR) is 52.1 cm³/mol. The van der Waals surface area contributed by atoms with E-state index in [1.165, 1.54) is 6.20 Å². The Labute approximate surface area is 74.0 Å². The smallest absolute Gasteiger partial charge is 0.236 e. The molecule has 0 spiro atoms. The van der Waals surface area contributed by atoms with Gasteiger partial charge in [0.25, 0.3) is 0 Å². The van der Waals surface area contributed by atoms with Crippen LogP contribution in [0.3, 0.4) is 0 Å². The van der Waals surface area contributed by atoms with E-state index in [9.17, 15) is 0 Å². The Hall–Kier alpha value is -1.25. The minimum Gasteiger partial charge on any atom is -0.480 e. The van der Waals surface area contributed by atoms with Crippen LogP contribution in [0.4, 0.5) is 0 Å². The highest BCUT2D eigenvalue weighted by Crippen LogP contribution is 2.01. The van der Waals surface area contributed by atoms with E-state index in [-0.39, 0.29) is 0 Å². The number of rotatable bonds is 4. The van der Waals surface area contributed by atoms with E-state index in [1.807, 2.05) is 18.9 Å². The van der Waals surface area contributed by atoms with Crippen LogP contribution in [-0.4, -0.2) is 31.5 Å². The molecule has 0 unspecified atom stereocenters. The first kappa shape index (κ1) is 10.8. The van der Waals surface area contributed by atoms with E-state index in [1.54, 1.807) is 7.11 Å². The average Bonchev–Trinajstić information content (AvgIpc) is 2.11. The molecule has 0 rings (SSSR count). The van der Waals surface area contributed by atoms with Gasteiger partial charge in [0.05, 0.1) is 12.8 Å². The zero-order valence-corrected chi connectivity index (χ0v) is 8.00. The van der Waals surface area contributed by atoms with Gasteiger partial charge in [0, 0.05) is 19.8 Å². The second kappa shape index (κ2) is 5.41. The molecule has 0 aromatic carbocycles. The average molecular weight is 168 g/mol. The molecule has 0 saturated carbocycles. The first-order valence-electron chi connectivity index (χ1n) is 3.80. The molecular formula is C9H16N2O. The minimum absolute atomic E-state index is 0.509. The van der Waals surface area contributed by atoms with Gasteiger partial charge in [0.2, 0.25) is 5.90 Å². The standard InChI is InChI=1S/C9H16N2O/c1-6-10-9(12-5)8(3)11(4)7-2/h6H,1,3,7H2,2,4-5H3/b10-9+. The van der Waals surface area contributed by atoms with Crippen molar-refractivity contribution in [1.82, 2.24) is 4.90 Å². The fraction of sp³-hybridized carbons (Fsp3) is 0.444. The summed E-state index contributed by atoms with van der Waals surface area (Å²) in [4.78, 5) is 5.88. The predicted octanol–water partition coefficient (Wildman–Crippen LogP) is 1.64. The molecule has 0 N–H and O–H groups in total. The van der Waals surface area contributed by atoms with Crippen LogP contribution in [0.25, 0.3) is 0 Å². The van der Waals surface area contributed by atoms with Crippen molar-refractivity contribution >= 4 is 5.90 Å².